The molecule has 11 nitrogen and oxygen atoms in total. The Hall–Kier alpha value is -3.35. The maximum Gasteiger partial charge on any atom is 0.414 e. The molecule has 1 fully saturated rings. The molecule has 12 heteroatoms. The smallest absolute Gasteiger partial charge is 0.414 e. The number of nitrogens with zero attached hydrogens (tertiary/aromatic N) is 3. The van der Waals surface area contributed by atoms with E-state index in [0.29, 0.717) is 37.6 Å². The maximum atomic E-state index is 12.6. The highest BCUT2D eigenvalue weighted by Crippen LogP contribution is 2.19. The average molecular weight is 451 g/mol. The highest BCUT2D eigenvalue weighted by atomic mass is 32.2. The summed E-state index contributed by atoms with van der Waals surface area (Å²) in [4.78, 5) is 30.9. The second kappa shape index (κ2) is 10.6. The van der Waals surface area contributed by atoms with Crippen LogP contribution >= 0.6 is 0 Å². The molecule has 2 aromatic carbocycles. The van der Waals surface area contributed by atoms with Crippen molar-refractivity contribution in [3.05, 3.63) is 70.3 Å². The zero-order valence-electron chi connectivity index (χ0n) is 16.3. The first-order chi connectivity index (χ1) is 14.6. The van der Waals surface area contributed by atoms with Gasteiger partial charge in [0, 0.05) is 44.9 Å². The molecule has 0 unspecified atom stereocenters. The van der Waals surface area contributed by atoms with Crippen molar-refractivity contribution in [2.24, 2.45) is 0 Å². The Bertz CT molecular complexity index is 1010. The number of rotatable bonds is 5. The van der Waals surface area contributed by atoms with Gasteiger partial charge in [0.15, 0.2) is 0 Å². The highest BCUT2D eigenvalue weighted by Gasteiger charge is 2.28. The first kappa shape index (κ1) is 23.9. The third kappa shape index (κ3) is 6.84. The van der Waals surface area contributed by atoms with E-state index in [2.05, 4.69) is 4.90 Å². The molecule has 1 aliphatic heterocycles. The van der Waals surface area contributed by atoms with Crippen molar-refractivity contribution in [2.45, 2.75) is 11.4 Å². The number of non-ortho nitro benzene ring substituents is 1. The van der Waals surface area contributed by atoms with Crippen molar-refractivity contribution in [1.29, 1.82) is 0 Å². The second-order valence-electron chi connectivity index (χ2n) is 6.53. The number of piperazine rings is 1. The van der Waals surface area contributed by atoms with Gasteiger partial charge in [-0.15, -0.1) is 0 Å². The van der Waals surface area contributed by atoms with E-state index in [9.17, 15) is 18.5 Å². The summed E-state index contributed by atoms with van der Waals surface area (Å²) in [6, 6.07) is 14.9. The van der Waals surface area contributed by atoms with E-state index in [1.165, 1.54) is 16.4 Å². The molecule has 0 aromatic heterocycles. The zero-order chi connectivity index (χ0) is 23.0. The lowest BCUT2D eigenvalue weighted by Gasteiger charge is -2.34. The molecule has 2 aromatic rings. The molecule has 31 heavy (non-hydrogen) atoms. The van der Waals surface area contributed by atoms with Gasteiger partial charge in [0.2, 0.25) is 10.0 Å². The Morgan fingerprint density at radius 3 is 1.87 bits per heavy atom. The third-order valence-corrected chi connectivity index (χ3v) is 6.36. The summed E-state index contributed by atoms with van der Waals surface area (Å²) >= 11 is 0. The van der Waals surface area contributed by atoms with Crippen molar-refractivity contribution in [1.82, 2.24) is 9.21 Å². The highest BCUT2D eigenvalue weighted by molar-refractivity contribution is 7.89. The van der Waals surface area contributed by atoms with Crippen molar-refractivity contribution in [2.75, 3.05) is 26.2 Å². The fraction of sp³-hybridized carbons (Fsp3) is 0.263. The summed E-state index contributed by atoms with van der Waals surface area (Å²) in [7, 11) is -3.44. The Kier molecular flexibility index (Phi) is 8.19. The predicted octanol–water partition coefficient (Wildman–Crippen LogP) is 1.26. The lowest BCUT2D eigenvalue weighted by Crippen LogP contribution is -2.48. The second-order valence-corrected chi connectivity index (χ2v) is 8.47. The summed E-state index contributed by atoms with van der Waals surface area (Å²) in [6.07, 6.45) is 0. The third-order valence-electron chi connectivity index (χ3n) is 4.45. The lowest BCUT2D eigenvalue weighted by molar-refractivity contribution is -0.384. The number of aliphatic carboxylic acids is 2. The Balaban J connectivity index is 0.000000501. The van der Waals surface area contributed by atoms with Crippen LogP contribution in [0.25, 0.3) is 0 Å². The topological polar surface area (TPSA) is 158 Å². The predicted molar refractivity (Wildman–Crippen MR) is 109 cm³/mol. The SMILES string of the molecule is O=C(O)C(=O)O.O=[N+]([O-])c1ccc(CN2CCN(S(=O)(=O)c3ccccc3)CC2)cc1. The van der Waals surface area contributed by atoms with Gasteiger partial charge in [0.1, 0.15) is 0 Å². The number of carboxylic acid groups (broad SMARTS) is 2. The average Bonchev–Trinajstić information content (AvgIpc) is 2.75. The molecule has 1 aliphatic rings. The van der Waals surface area contributed by atoms with Crippen LogP contribution in [0.1, 0.15) is 5.56 Å². The monoisotopic (exact) mass is 451 g/mol. The van der Waals surface area contributed by atoms with Gasteiger partial charge >= 0.3 is 11.9 Å². The van der Waals surface area contributed by atoms with Crippen molar-refractivity contribution in [3.8, 4) is 0 Å². The molecule has 0 radical (unpaired) electrons. The molecular formula is C19H21N3O8S. The Labute approximate surface area is 178 Å². The molecule has 0 atom stereocenters. The fourth-order valence-corrected chi connectivity index (χ4v) is 4.29. The standard InChI is InChI=1S/C17H19N3O4S.C2H2O4/c21-20(22)16-8-6-15(7-9-16)14-18-10-12-19(13-11-18)25(23,24)17-4-2-1-3-5-17;3-1(4)2(5)6/h1-9H,10-14H2;(H,3,4)(H,5,6). The number of nitro groups is 1. The van der Waals surface area contributed by atoms with Crippen LogP contribution < -0.4 is 0 Å². The Morgan fingerprint density at radius 2 is 1.42 bits per heavy atom. The van der Waals surface area contributed by atoms with Crippen molar-refractivity contribution >= 4 is 27.6 Å². The van der Waals surface area contributed by atoms with E-state index in [0.717, 1.165) is 5.56 Å². The molecule has 0 aliphatic carbocycles. The van der Waals surface area contributed by atoms with Gasteiger partial charge in [-0.2, -0.15) is 4.31 Å². The van der Waals surface area contributed by atoms with Crippen LogP contribution in [0.15, 0.2) is 59.5 Å². The minimum Gasteiger partial charge on any atom is -0.473 e. The fourth-order valence-electron chi connectivity index (χ4n) is 2.85. The van der Waals surface area contributed by atoms with Gasteiger partial charge in [-0.05, 0) is 17.7 Å². The van der Waals surface area contributed by atoms with Crippen LogP contribution in [0.5, 0.6) is 0 Å². The molecule has 1 saturated heterocycles. The van der Waals surface area contributed by atoms with Gasteiger partial charge < -0.3 is 10.2 Å². The number of hydrogen-bond acceptors (Lipinski definition) is 7. The summed E-state index contributed by atoms with van der Waals surface area (Å²) < 4.78 is 26.7. The van der Waals surface area contributed by atoms with Gasteiger partial charge in [-0.25, -0.2) is 18.0 Å². The maximum absolute atomic E-state index is 12.6. The van der Waals surface area contributed by atoms with Crippen molar-refractivity contribution in [3.63, 3.8) is 0 Å². The number of hydrogen-bond donors (Lipinski definition) is 2. The summed E-state index contributed by atoms with van der Waals surface area (Å²) in [5.41, 5.74) is 1.05. The van der Waals surface area contributed by atoms with E-state index in [1.807, 2.05) is 0 Å². The molecule has 1 heterocycles. The first-order valence-corrected chi connectivity index (χ1v) is 10.5. The van der Waals surface area contributed by atoms with E-state index in [4.69, 9.17) is 19.8 Å². The minimum absolute atomic E-state index is 0.0718. The Morgan fingerprint density at radius 1 is 0.903 bits per heavy atom. The molecule has 166 valence electrons. The van der Waals surface area contributed by atoms with E-state index >= 15 is 0 Å². The molecule has 0 amide bonds. The zero-order valence-corrected chi connectivity index (χ0v) is 17.1. The minimum atomic E-state index is -3.44. The lowest BCUT2D eigenvalue weighted by atomic mass is 10.2. The largest absolute Gasteiger partial charge is 0.473 e. The molecule has 0 bridgehead atoms. The van der Waals surface area contributed by atoms with Gasteiger partial charge in [-0.3, -0.25) is 15.0 Å². The number of sulfonamides is 1. The summed E-state index contributed by atoms with van der Waals surface area (Å²) in [5.74, 6) is -3.65. The quantitative estimate of drug-likeness (QED) is 0.388. The van der Waals surface area contributed by atoms with Gasteiger partial charge in [0.25, 0.3) is 5.69 Å². The first-order valence-electron chi connectivity index (χ1n) is 9.08. The van der Waals surface area contributed by atoms with Crippen LogP contribution in [0, 0.1) is 10.1 Å². The van der Waals surface area contributed by atoms with E-state index in [1.54, 1.807) is 42.5 Å². The number of carboxylic acids is 2. The van der Waals surface area contributed by atoms with Crippen LogP contribution in [-0.4, -0.2) is 70.9 Å². The van der Waals surface area contributed by atoms with E-state index < -0.39 is 26.9 Å². The number of carbonyl (C=O) groups is 2. The number of nitro benzene ring substituents is 1. The van der Waals surface area contributed by atoms with Crippen LogP contribution in [0.3, 0.4) is 0 Å². The van der Waals surface area contributed by atoms with Crippen LogP contribution in [-0.2, 0) is 26.2 Å². The number of benzene rings is 2. The van der Waals surface area contributed by atoms with Gasteiger partial charge in [0.05, 0.1) is 9.82 Å². The van der Waals surface area contributed by atoms with Crippen LogP contribution in [0.2, 0.25) is 0 Å². The molecule has 0 spiro atoms. The van der Waals surface area contributed by atoms with Crippen molar-refractivity contribution < 1.29 is 33.1 Å². The van der Waals surface area contributed by atoms with E-state index in [-0.39, 0.29) is 5.69 Å². The summed E-state index contributed by atoms with van der Waals surface area (Å²) in [6.45, 7) is 2.78. The molecular weight excluding hydrogens is 430 g/mol. The van der Waals surface area contributed by atoms with Gasteiger partial charge in [-0.1, -0.05) is 30.3 Å². The molecule has 2 N–H and O–H groups in total. The van der Waals surface area contributed by atoms with Crippen LogP contribution in [0.4, 0.5) is 5.69 Å². The normalized spacial score (nSPS) is 14.8. The summed E-state index contributed by atoms with van der Waals surface area (Å²) in [5, 5.41) is 25.5. The molecule has 3 rings (SSSR count). The molecule has 0 saturated carbocycles.